The predicted octanol–water partition coefficient (Wildman–Crippen LogP) is 6.58. The van der Waals surface area contributed by atoms with Gasteiger partial charge in [-0.3, -0.25) is 4.79 Å². The van der Waals surface area contributed by atoms with Crippen molar-refractivity contribution in [1.82, 2.24) is 4.37 Å². The van der Waals surface area contributed by atoms with E-state index in [2.05, 4.69) is 9.11 Å². The maximum Gasteiger partial charge on any atom is 0.434 e. The highest BCUT2D eigenvalue weighted by Crippen LogP contribution is 2.40. The van der Waals surface area contributed by atoms with E-state index in [4.69, 9.17) is 16.3 Å². The number of carbonyl (C=O) groups is 1. The van der Waals surface area contributed by atoms with Gasteiger partial charge >= 0.3 is 12.1 Å². The average molecular weight is 510 g/mol. The summed E-state index contributed by atoms with van der Waals surface area (Å²) in [6.07, 6.45) is -5.01. The van der Waals surface area contributed by atoms with Gasteiger partial charge in [-0.1, -0.05) is 17.7 Å². The molecule has 3 rings (SSSR count). The zero-order valence-electron chi connectivity index (χ0n) is 16.7. The molecule has 2 aromatic carbocycles. The second-order valence-electron chi connectivity index (χ2n) is 6.72. The van der Waals surface area contributed by atoms with Gasteiger partial charge in [-0.05, 0) is 53.3 Å². The molecule has 0 aliphatic carbocycles. The Hall–Kier alpha value is -2.79. The fourth-order valence-electron chi connectivity index (χ4n) is 2.92. The van der Waals surface area contributed by atoms with Crippen LogP contribution in [0.3, 0.4) is 0 Å². The van der Waals surface area contributed by atoms with Gasteiger partial charge in [0.2, 0.25) is 0 Å². The molecule has 0 bridgehead atoms. The van der Waals surface area contributed by atoms with Gasteiger partial charge in [-0.2, -0.15) is 17.5 Å². The maximum atomic E-state index is 14.4. The van der Waals surface area contributed by atoms with Crippen molar-refractivity contribution in [3.63, 3.8) is 0 Å². The van der Waals surface area contributed by atoms with Crippen molar-refractivity contribution >= 4 is 29.1 Å². The Balaban J connectivity index is 1.91. The van der Waals surface area contributed by atoms with Crippen LogP contribution in [0.15, 0.2) is 30.3 Å². The molecule has 33 heavy (non-hydrogen) atoms. The number of methoxy groups -OCH3 is 1. The van der Waals surface area contributed by atoms with Crippen LogP contribution in [0, 0.1) is 17.5 Å². The Morgan fingerprint density at radius 3 is 2.33 bits per heavy atom. The van der Waals surface area contributed by atoms with Crippen LogP contribution >= 0.6 is 23.1 Å². The first-order chi connectivity index (χ1) is 15.5. The van der Waals surface area contributed by atoms with Gasteiger partial charge < -0.3 is 9.47 Å². The molecular weight excluding hydrogens is 496 g/mol. The third kappa shape index (κ3) is 5.77. The molecular formula is C21H14ClF6NO3S. The predicted molar refractivity (Wildman–Crippen MR) is 109 cm³/mol. The van der Waals surface area contributed by atoms with Crippen molar-refractivity contribution in [3.8, 4) is 16.2 Å². The molecule has 0 atom stereocenters. The lowest BCUT2D eigenvalue weighted by Gasteiger charge is -2.13. The first kappa shape index (κ1) is 24.8. The normalized spacial score (nSPS) is 11.5. The summed E-state index contributed by atoms with van der Waals surface area (Å²) < 4.78 is 95.9. The van der Waals surface area contributed by atoms with Crippen LogP contribution in [-0.4, -0.2) is 17.5 Å². The molecule has 12 heteroatoms. The number of ether oxygens (including phenoxy) is 2. The molecule has 1 heterocycles. The van der Waals surface area contributed by atoms with E-state index < -0.39 is 53.2 Å². The van der Waals surface area contributed by atoms with Crippen molar-refractivity contribution < 1.29 is 40.6 Å². The Morgan fingerprint density at radius 2 is 1.76 bits per heavy atom. The van der Waals surface area contributed by atoms with Crippen molar-refractivity contribution in [2.24, 2.45) is 0 Å². The van der Waals surface area contributed by atoms with E-state index in [0.717, 1.165) is 24.3 Å². The number of esters is 1. The SMILES string of the molecule is COC(=O)CCc1cc(F)c(OCc2c(C(F)(F)F)nsc2-c2ccc(Cl)c(F)c2)c(F)c1. The Bertz CT molecular complexity index is 1160. The summed E-state index contributed by atoms with van der Waals surface area (Å²) in [5.74, 6) is -4.66. The van der Waals surface area contributed by atoms with Crippen LogP contribution in [0.25, 0.3) is 10.4 Å². The molecule has 4 nitrogen and oxygen atoms in total. The molecule has 0 saturated heterocycles. The maximum absolute atomic E-state index is 14.4. The van der Waals surface area contributed by atoms with Gasteiger partial charge in [0.15, 0.2) is 23.1 Å². The summed E-state index contributed by atoms with van der Waals surface area (Å²) in [6, 6.07) is 5.20. The average Bonchev–Trinajstić information content (AvgIpc) is 3.17. The van der Waals surface area contributed by atoms with Crippen molar-refractivity contribution in [2.75, 3.05) is 7.11 Å². The number of benzene rings is 2. The van der Waals surface area contributed by atoms with Crippen molar-refractivity contribution in [1.29, 1.82) is 0 Å². The molecule has 0 N–H and O–H groups in total. The van der Waals surface area contributed by atoms with Gasteiger partial charge in [0.1, 0.15) is 12.4 Å². The lowest BCUT2D eigenvalue weighted by Crippen LogP contribution is -2.11. The number of rotatable bonds is 7. The molecule has 1 aromatic heterocycles. The third-order valence-corrected chi connectivity index (χ3v) is 5.75. The molecule has 0 spiro atoms. The number of halogens is 7. The van der Waals surface area contributed by atoms with Crippen LogP contribution in [0.2, 0.25) is 5.02 Å². The van der Waals surface area contributed by atoms with E-state index in [0.29, 0.717) is 11.5 Å². The molecule has 0 radical (unpaired) electrons. The molecule has 0 amide bonds. The molecule has 0 unspecified atom stereocenters. The first-order valence-corrected chi connectivity index (χ1v) is 10.3. The highest BCUT2D eigenvalue weighted by molar-refractivity contribution is 7.09. The Morgan fingerprint density at radius 1 is 1.09 bits per heavy atom. The van der Waals surface area contributed by atoms with Gasteiger partial charge in [0.05, 0.1) is 17.0 Å². The summed E-state index contributed by atoms with van der Waals surface area (Å²) in [5.41, 5.74) is -1.65. The molecule has 0 saturated carbocycles. The van der Waals surface area contributed by atoms with Crippen LogP contribution in [0.5, 0.6) is 5.75 Å². The molecule has 3 aromatic rings. The van der Waals surface area contributed by atoms with E-state index in [1.807, 2.05) is 0 Å². The van der Waals surface area contributed by atoms with Crippen molar-refractivity contribution in [2.45, 2.75) is 25.6 Å². The van der Waals surface area contributed by atoms with Crippen LogP contribution < -0.4 is 4.74 Å². The molecule has 176 valence electrons. The molecule has 0 aliphatic rings. The van der Waals surface area contributed by atoms with Gasteiger partial charge in [0, 0.05) is 12.0 Å². The zero-order valence-corrected chi connectivity index (χ0v) is 18.3. The lowest BCUT2D eigenvalue weighted by molar-refractivity contribution is -0.142. The standard InChI is InChI=1S/C21H14ClF6NO3S/c1-31-17(30)5-2-10-6-15(24)18(16(25)7-10)32-9-12-19(33-29-20(12)21(26,27)28)11-3-4-13(22)14(23)8-11/h3-4,6-8H,2,5,9H2,1H3. The minimum absolute atomic E-state index is 0.0141. The number of hydrogen-bond donors (Lipinski definition) is 0. The molecule has 0 aliphatic heterocycles. The minimum atomic E-state index is -4.88. The quantitative estimate of drug-likeness (QED) is 0.266. The summed E-state index contributed by atoms with van der Waals surface area (Å²) in [6.45, 7) is -0.889. The van der Waals surface area contributed by atoms with E-state index >= 15 is 0 Å². The summed E-state index contributed by atoms with van der Waals surface area (Å²) in [5, 5.41) is -0.228. The number of alkyl halides is 3. The monoisotopic (exact) mass is 509 g/mol. The van der Waals surface area contributed by atoms with Crippen LogP contribution in [-0.2, 0) is 28.7 Å². The van der Waals surface area contributed by atoms with E-state index in [1.54, 1.807) is 0 Å². The van der Waals surface area contributed by atoms with Crippen LogP contribution in [0.4, 0.5) is 26.3 Å². The highest BCUT2D eigenvalue weighted by atomic mass is 35.5. The minimum Gasteiger partial charge on any atom is -0.483 e. The second kappa shape index (κ2) is 10.0. The fraction of sp³-hybridized carbons (Fsp3) is 0.238. The third-order valence-electron chi connectivity index (χ3n) is 4.50. The van der Waals surface area contributed by atoms with Gasteiger partial charge in [0.25, 0.3) is 0 Å². The zero-order chi connectivity index (χ0) is 24.3. The molecule has 0 fully saturated rings. The van der Waals surface area contributed by atoms with Gasteiger partial charge in [-0.25, -0.2) is 13.2 Å². The van der Waals surface area contributed by atoms with Gasteiger partial charge in [-0.15, -0.1) is 0 Å². The van der Waals surface area contributed by atoms with E-state index in [-0.39, 0.29) is 33.9 Å². The fourth-order valence-corrected chi connectivity index (χ4v) is 3.93. The number of hydrogen-bond acceptors (Lipinski definition) is 5. The number of nitrogens with zero attached hydrogens (tertiary/aromatic N) is 1. The number of aromatic nitrogens is 1. The Kier molecular flexibility index (Phi) is 7.53. The number of carbonyl (C=O) groups excluding carboxylic acids is 1. The summed E-state index contributed by atoms with van der Waals surface area (Å²) in [7, 11) is 1.17. The largest absolute Gasteiger partial charge is 0.483 e. The smallest absolute Gasteiger partial charge is 0.434 e. The van der Waals surface area contributed by atoms with E-state index in [1.165, 1.54) is 13.2 Å². The first-order valence-electron chi connectivity index (χ1n) is 9.20. The highest BCUT2D eigenvalue weighted by Gasteiger charge is 2.38. The number of aryl methyl sites for hydroxylation is 1. The van der Waals surface area contributed by atoms with E-state index in [9.17, 15) is 31.1 Å². The summed E-state index contributed by atoms with van der Waals surface area (Å²) in [4.78, 5) is 11.1. The lowest BCUT2D eigenvalue weighted by atomic mass is 10.1. The summed E-state index contributed by atoms with van der Waals surface area (Å²) >= 11 is 6.06. The topological polar surface area (TPSA) is 48.4 Å². The Labute approximate surface area is 192 Å². The second-order valence-corrected chi connectivity index (χ2v) is 7.90. The van der Waals surface area contributed by atoms with Crippen LogP contribution in [0.1, 0.15) is 23.2 Å². The van der Waals surface area contributed by atoms with Crippen molar-refractivity contribution in [3.05, 3.63) is 69.6 Å².